The monoisotopic (exact) mass is 344 g/mol. The lowest BCUT2D eigenvalue weighted by atomic mass is 9.77. The maximum Gasteiger partial charge on any atom is 0.317 e. The maximum atomic E-state index is 13.4. The number of amides is 1. The van der Waals surface area contributed by atoms with Crippen LogP contribution in [0.2, 0.25) is 0 Å². The first-order valence-corrected chi connectivity index (χ1v) is 9.30. The van der Waals surface area contributed by atoms with E-state index in [1.165, 1.54) is 0 Å². The van der Waals surface area contributed by atoms with E-state index in [1.54, 1.807) is 0 Å². The predicted octanol–water partition coefficient (Wildman–Crippen LogP) is 2.51. The fraction of sp³-hybridized carbons (Fsp3) is 0.600. The van der Waals surface area contributed by atoms with Crippen molar-refractivity contribution in [1.29, 1.82) is 0 Å². The van der Waals surface area contributed by atoms with Crippen LogP contribution in [0.1, 0.15) is 44.1 Å². The van der Waals surface area contributed by atoms with Crippen LogP contribution < -0.4 is 0 Å². The Morgan fingerprint density at radius 1 is 1.16 bits per heavy atom. The van der Waals surface area contributed by atoms with E-state index >= 15 is 0 Å². The molecule has 1 amide bonds. The van der Waals surface area contributed by atoms with Crippen LogP contribution in [0.15, 0.2) is 30.3 Å². The fourth-order valence-electron chi connectivity index (χ4n) is 4.52. The number of hydrogen-bond donors (Lipinski definition) is 1. The minimum atomic E-state index is -0.796. The smallest absolute Gasteiger partial charge is 0.317 e. The molecule has 1 saturated heterocycles. The molecule has 1 aliphatic heterocycles. The molecule has 0 unspecified atom stereocenters. The van der Waals surface area contributed by atoms with E-state index in [4.69, 9.17) is 5.11 Å². The number of carboxylic acid groups (broad SMARTS) is 1. The molecule has 1 aromatic carbocycles. The van der Waals surface area contributed by atoms with Gasteiger partial charge in [-0.3, -0.25) is 14.5 Å². The molecule has 5 heteroatoms. The average molecular weight is 344 g/mol. The number of carbonyl (C=O) groups excluding carboxylic acids is 1. The lowest BCUT2D eigenvalue weighted by Gasteiger charge is -2.40. The van der Waals surface area contributed by atoms with Gasteiger partial charge in [-0.05, 0) is 38.3 Å². The van der Waals surface area contributed by atoms with E-state index in [1.807, 2.05) is 35.0 Å². The number of benzene rings is 1. The second-order valence-corrected chi connectivity index (χ2v) is 7.49. The topological polar surface area (TPSA) is 60.9 Å². The van der Waals surface area contributed by atoms with Crippen molar-refractivity contribution in [3.05, 3.63) is 35.9 Å². The Balaban J connectivity index is 1.68. The Hall–Kier alpha value is -1.88. The number of likely N-dealkylation sites (tertiary alicyclic amines) is 1. The molecule has 0 aromatic heterocycles. The quantitative estimate of drug-likeness (QED) is 0.891. The third kappa shape index (κ3) is 3.71. The zero-order valence-corrected chi connectivity index (χ0v) is 15.0. The summed E-state index contributed by atoms with van der Waals surface area (Å²) in [5.74, 6) is -0.523. The molecule has 25 heavy (non-hydrogen) atoms. The third-order valence-corrected chi connectivity index (χ3v) is 5.95. The number of likely N-dealkylation sites (N-methyl/N-ethyl adjacent to an activating group) is 1. The summed E-state index contributed by atoms with van der Waals surface area (Å²) in [5, 5.41) is 8.95. The van der Waals surface area contributed by atoms with Crippen molar-refractivity contribution < 1.29 is 14.7 Å². The number of aliphatic carboxylic acids is 1. The van der Waals surface area contributed by atoms with Crippen molar-refractivity contribution in [2.24, 2.45) is 0 Å². The van der Waals surface area contributed by atoms with E-state index in [2.05, 4.69) is 12.1 Å². The van der Waals surface area contributed by atoms with Crippen molar-refractivity contribution in [2.75, 3.05) is 26.7 Å². The molecule has 3 rings (SSSR count). The number of nitrogens with zero attached hydrogens (tertiary/aromatic N) is 2. The highest BCUT2D eigenvalue weighted by molar-refractivity contribution is 5.88. The van der Waals surface area contributed by atoms with Gasteiger partial charge in [0.05, 0.1) is 12.0 Å². The fourth-order valence-corrected chi connectivity index (χ4v) is 4.52. The lowest BCUT2D eigenvalue weighted by molar-refractivity contribution is -0.141. The summed E-state index contributed by atoms with van der Waals surface area (Å²) in [6, 6.07) is 10.5. The van der Waals surface area contributed by atoms with Gasteiger partial charge < -0.3 is 10.0 Å². The number of piperidine rings is 1. The van der Waals surface area contributed by atoms with E-state index < -0.39 is 5.97 Å². The van der Waals surface area contributed by atoms with Crippen molar-refractivity contribution in [1.82, 2.24) is 9.80 Å². The average Bonchev–Trinajstić information content (AvgIpc) is 3.12. The van der Waals surface area contributed by atoms with E-state index in [-0.39, 0.29) is 23.9 Å². The van der Waals surface area contributed by atoms with Crippen molar-refractivity contribution in [3.63, 3.8) is 0 Å². The standard InChI is InChI=1S/C20H28N2O3/c1-21(15-18(23)24)17-9-13-22(14-10-17)19(25)20(11-5-6-12-20)16-7-3-2-4-8-16/h2-4,7-8,17H,5-6,9-15H2,1H3,(H,23,24). The van der Waals surface area contributed by atoms with Crippen LogP contribution in [-0.4, -0.2) is 59.5 Å². The summed E-state index contributed by atoms with van der Waals surface area (Å²) in [7, 11) is 1.86. The molecular formula is C20H28N2O3. The second kappa shape index (κ2) is 7.56. The van der Waals surface area contributed by atoms with Crippen LogP contribution in [-0.2, 0) is 15.0 Å². The first-order valence-electron chi connectivity index (χ1n) is 9.30. The maximum absolute atomic E-state index is 13.4. The van der Waals surface area contributed by atoms with Gasteiger partial charge in [0.15, 0.2) is 0 Å². The zero-order chi connectivity index (χ0) is 17.9. The van der Waals surface area contributed by atoms with Gasteiger partial charge in [0.25, 0.3) is 0 Å². The molecule has 1 N–H and O–H groups in total. The van der Waals surface area contributed by atoms with Gasteiger partial charge >= 0.3 is 5.97 Å². The van der Waals surface area contributed by atoms with Gasteiger partial charge in [-0.15, -0.1) is 0 Å². The Morgan fingerprint density at radius 3 is 2.32 bits per heavy atom. The molecule has 136 valence electrons. The van der Waals surface area contributed by atoms with Gasteiger partial charge in [0.1, 0.15) is 0 Å². The van der Waals surface area contributed by atoms with Gasteiger partial charge in [-0.2, -0.15) is 0 Å². The first-order chi connectivity index (χ1) is 12.0. The zero-order valence-electron chi connectivity index (χ0n) is 15.0. The molecule has 0 bridgehead atoms. The molecule has 1 aliphatic carbocycles. The van der Waals surface area contributed by atoms with E-state index in [0.717, 1.165) is 57.2 Å². The Kier molecular flexibility index (Phi) is 5.42. The molecule has 0 spiro atoms. The van der Waals surface area contributed by atoms with Crippen molar-refractivity contribution >= 4 is 11.9 Å². The molecule has 5 nitrogen and oxygen atoms in total. The van der Waals surface area contributed by atoms with Gasteiger partial charge in [0, 0.05) is 19.1 Å². The highest BCUT2D eigenvalue weighted by Gasteiger charge is 2.45. The number of hydrogen-bond acceptors (Lipinski definition) is 3. The minimum Gasteiger partial charge on any atom is -0.480 e. The normalized spacial score (nSPS) is 20.8. The summed E-state index contributed by atoms with van der Waals surface area (Å²) in [5.41, 5.74) is 0.809. The van der Waals surface area contributed by atoms with Gasteiger partial charge in [0.2, 0.25) is 5.91 Å². The molecule has 2 aliphatic rings. The summed E-state index contributed by atoms with van der Waals surface area (Å²) in [4.78, 5) is 28.2. The second-order valence-electron chi connectivity index (χ2n) is 7.49. The SMILES string of the molecule is CN(CC(=O)O)C1CCN(C(=O)C2(c3ccccc3)CCCC2)CC1. The largest absolute Gasteiger partial charge is 0.480 e. The van der Waals surface area contributed by atoms with Crippen LogP contribution in [0.3, 0.4) is 0 Å². The van der Waals surface area contributed by atoms with Crippen molar-refractivity contribution in [3.8, 4) is 0 Å². The number of rotatable bonds is 5. The summed E-state index contributed by atoms with van der Waals surface area (Å²) >= 11 is 0. The highest BCUT2D eigenvalue weighted by atomic mass is 16.4. The summed E-state index contributed by atoms with van der Waals surface area (Å²) in [6.45, 7) is 1.51. The molecule has 0 radical (unpaired) electrons. The van der Waals surface area contributed by atoms with E-state index in [9.17, 15) is 9.59 Å². The first kappa shape index (κ1) is 17.9. The number of carbonyl (C=O) groups is 2. The summed E-state index contributed by atoms with van der Waals surface area (Å²) in [6.07, 6.45) is 5.79. The summed E-state index contributed by atoms with van der Waals surface area (Å²) < 4.78 is 0. The Labute approximate surface area is 149 Å². The molecule has 1 aromatic rings. The molecule has 2 fully saturated rings. The Bertz CT molecular complexity index is 603. The van der Waals surface area contributed by atoms with Gasteiger partial charge in [-0.1, -0.05) is 43.2 Å². The van der Waals surface area contributed by atoms with Crippen LogP contribution in [0, 0.1) is 0 Å². The number of carboxylic acids is 1. The van der Waals surface area contributed by atoms with Crippen LogP contribution in [0.4, 0.5) is 0 Å². The lowest BCUT2D eigenvalue weighted by Crippen LogP contribution is -2.51. The molecular weight excluding hydrogens is 316 g/mol. The molecule has 0 atom stereocenters. The Morgan fingerprint density at radius 2 is 1.76 bits per heavy atom. The third-order valence-electron chi connectivity index (χ3n) is 5.95. The van der Waals surface area contributed by atoms with Gasteiger partial charge in [-0.25, -0.2) is 0 Å². The highest BCUT2D eigenvalue weighted by Crippen LogP contribution is 2.43. The molecule has 1 heterocycles. The predicted molar refractivity (Wildman–Crippen MR) is 96.5 cm³/mol. The van der Waals surface area contributed by atoms with Crippen LogP contribution >= 0.6 is 0 Å². The van der Waals surface area contributed by atoms with Crippen molar-refractivity contribution in [2.45, 2.75) is 50.0 Å². The van der Waals surface area contributed by atoms with Crippen LogP contribution in [0.25, 0.3) is 0 Å². The van der Waals surface area contributed by atoms with E-state index in [0.29, 0.717) is 0 Å². The minimum absolute atomic E-state index is 0.0621. The van der Waals surface area contributed by atoms with Crippen LogP contribution in [0.5, 0.6) is 0 Å². The molecule has 1 saturated carbocycles.